The molecule has 1 heterocycles. The van der Waals surface area contributed by atoms with Crippen LogP contribution in [0.4, 0.5) is 5.88 Å². The van der Waals surface area contributed by atoms with Gasteiger partial charge in [0.15, 0.2) is 5.89 Å². The van der Waals surface area contributed by atoms with Gasteiger partial charge in [0, 0.05) is 13.5 Å². The molecule has 0 bridgehead atoms. The summed E-state index contributed by atoms with van der Waals surface area (Å²) in [6.45, 7) is 2.45. The van der Waals surface area contributed by atoms with Gasteiger partial charge in [-0.1, -0.05) is 0 Å². The summed E-state index contributed by atoms with van der Waals surface area (Å²) in [5.41, 5.74) is 5.50. The quantitative estimate of drug-likeness (QED) is 0.723. The lowest BCUT2D eigenvalue weighted by Crippen LogP contribution is -2.07. The van der Waals surface area contributed by atoms with Gasteiger partial charge in [-0.25, -0.2) is 9.78 Å². The first-order valence-corrected chi connectivity index (χ1v) is 4.60. The third-order valence-electron chi connectivity index (χ3n) is 1.69. The lowest BCUT2D eigenvalue weighted by Gasteiger charge is -1.96. The van der Waals surface area contributed by atoms with Crippen molar-refractivity contribution in [2.24, 2.45) is 0 Å². The second-order valence-electron chi connectivity index (χ2n) is 2.78. The number of ether oxygens (including phenoxy) is 2. The van der Waals surface area contributed by atoms with Crippen LogP contribution in [-0.2, 0) is 15.9 Å². The minimum atomic E-state index is -0.567. The molecule has 84 valence electrons. The van der Waals surface area contributed by atoms with Crippen molar-refractivity contribution >= 4 is 11.9 Å². The van der Waals surface area contributed by atoms with E-state index in [1.54, 1.807) is 14.0 Å². The monoisotopic (exact) mass is 214 g/mol. The summed E-state index contributed by atoms with van der Waals surface area (Å²) in [7, 11) is 1.57. The lowest BCUT2D eigenvalue weighted by atomic mass is 10.4. The fourth-order valence-electron chi connectivity index (χ4n) is 1.02. The molecule has 15 heavy (non-hydrogen) atoms. The number of carbonyl (C=O) groups excluding carboxylic acids is 1. The second kappa shape index (κ2) is 5.35. The SMILES string of the molecule is CCOC(=O)c1nc(CCOC)oc1N. The van der Waals surface area contributed by atoms with Crippen LogP contribution >= 0.6 is 0 Å². The Morgan fingerprint density at radius 3 is 2.93 bits per heavy atom. The number of nitrogens with two attached hydrogens (primary N) is 1. The number of carbonyl (C=O) groups is 1. The Kier molecular flexibility index (Phi) is 4.11. The number of anilines is 1. The molecule has 1 rings (SSSR count). The van der Waals surface area contributed by atoms with Crippen LogP contribution < -0.4 is 5.73 Å². The van der Waals surface area contributed by atoms with Crippen molar-refractivity contribution < 1.29 is 18.7 Å². The van der Waals surface area contributed by atoms with Crippen LogP contribution in [-0.4, -0.2) is 31.3 Å². The zero-order valence-corrected chi connectivity index (χ0v) is 8.78. The van der Waals surface area contributed by atoms with Gasteiger partial charge < -0.3 is 19.6 Å². The van der Waals surface area contributed by atoms with Crippen LogP contribution in [0.25, 0.3) is 0 Å². The average Bonchev–Trinajstić information content (AvgIpc) is 2.57. The van der Waals surface area contributed by atoms with Crippen molar-refractivity contribution in [2.45, 2.75) is 13.3 Å². The van der Waals surface area contributed by atoms with Crippen molar-refractivity contribution in [3.05, 3.63) is 11.6 Å². The highest BCUT2D eigenvalue weighted by molar-refractivity contribution is 5.91. The Morgan fingerprint density at radius 2 is 2.33 bits per heavy atom. The average molecular weight is 214 g/mol. The van der Waals surface area contributed by atoms with E-state index in [1.807, 2.05) is 0 Å². The van der Waals surface area contributed by atoms with Crippen LogP contribution in [0.5, 0.6) is 0 Å². The molecule has 0 aliphatic heterocycles. The molecule has 0 saturated carbocycles. The van der Waals surface area contributed by atoms with E-state index in [0.29, 0.717) is 18.9 Å². The summed E-state index contributed by atoms with van der Waals surface area (Å²) in [5.74, 6) is -0.209. The molecule has 0 aromatic carbocycles. The number of hydrogen-bond acceptors (Lipinski definition) is 6. The number of methoxy groups -OCH3 is 1. The largest absolute Gasteiger partial charge is 0.461 e. The first-order valence-electron chi connectivity index (χ1n) is 4.60. The van der Waals surface area contributed by atoms with E-state index in [0.717, 1.165) is 0 Å². The van der Waals surface area contributed by atoms with Gasteiger partial charge in [-0.3, -0.25) is 0 Å². The molecule has 2 N–H and O–H groups in total. The van der Waals surface area contributed by atoms with Crippen molar-refractivity contribution in [1.82, 2.24) is 4.98 Å². The molecule has 0 saturated heterocycles. The van der Waals surface area contributed by atoms with Crippen molar-refractivity contribution in [1.29, 1.82) is 0 Å². The minimum absolute atomic E-state index is 0.0143. The molecule has 0 fully saturated rings. The normalized spacial score (nSPS) is 10.3. The van der Waals surface area contributed by atoms with E-state index in [-0.39, 0.29) is 18.2 Å². The molecule has 6 nitrogen and oxygen atoms in total. The molecule has 0 atom stereocenters. The van der Waals surface area contributed by atoms with Crippen molar-refractivity contribution in [3.8, 4) is 0 Å². The molecule has 0 aliphatic carbocycles. The predicted molar refractivity (Wildman–Crippen MR) is 52.5 cm³/mol. The number of aromatic nitrogens is 1. The fraction of sp³-hybridized carbons (Fsp3) is 0.556. The molecular weight excluding hydrogens is 200 g/mol. The highest BCUT2D eigenvalue weighted by Gasteiger charge is 2.18. The smallest absolute Gasteiger partial charge is 0.362 e. The van der Waals surface area contributed by atoms with Crippen molar-refractivity contribution in [2.75, 3.05) is 26.1 Å². The van der Waals surface area contributed by atoms with Gasteiger partial charge >= 0.3 is 5.97 Å². The van der Waals surface area contributed by atoms with Gasteiger partial charge in [0.05, 0.1) is 13.2 Å². The molecular formula is C9H14N2O4. The standard InChI is InChI=1S/C9H14N2O4/c1-3-14-9(12)7-8(10)15-6(11-7)4-5-13-2/h3-5,10H2,1-2H3. The van der Waals surface area contributed by atoms with Crippen LogP contribution in [0.3, 0.4) is 0 Å². The Bertz CT molecular complexity index is 335. The number of hydrogen-bond donors (Lipinski definition) is 1. The Morgan fingerprint density at radius 1 is 1.60 bits per heavy atom. The highest BCUT2D eigenvalue weighted by Crippen LogP contribution is 2.14. The Balaban J connectivity index is 2.72. The third kappa shape index (κ3) is 2.95. The fourth-order valence-corrected chi connectivity index (χ4v) is 1.02. The van der Waals surface area contributed by atoms with Gasteiger partial charge in [0.1, 0.15) is 0 Å². The van der Waals surface area contributed by atoms with Gasteiger partial charge in [0.2, 0.25) is 11.6 Å². The summed E-state index contributed by atoms with van der Waals surface area (Å²) in [4.78, 5) is 15.2. The summed E-state index contributed by atoms with van der Waals surface area (Å²) in [5, 5.41) is 0. The highest BCUT2D eigenvalue weighted by atomic mass is 16.5. The zero-order valence-electron chi connectivity index (χ0n) is 8.78. The third-order valence-corrected chi connectivity index (χ3v) is 1.69. The second-order valence-corrected chi connectivity index (χ2v) is 2.78. The van der Waals surface area contributed by atoms with E-state index in [2.05, 4.69) is 4.98 Å². The van der Waals surface area contributed by atoms with E-state index < -0.39 is 5.97 Å². The number of rotatable bonds is 5. The maximum Gasteiger partial charge on any atom is 0.362 e. The van der Waals surface area contributed by atoms with Crippen LogP contribution in [0.1, 0.15) is 23.3 Å². The summed E-state index contributed by atoms with van der Waals surface area (Å²) in [6.07, 6.45) is 0.472. The maximum absolute atomic E-state index is 11.3. The molecule has 0 spiro atoms. The molecule has 1 aromatic rings. The van der Waals surface area contributed by atoms with E-state index >= 15 is 0 Å². The molecule has 0 amide bonds. The summed E-state index contributed by atoms with van der Waals surface area (Å²) in [6, 6.07) is 0. The van der Waals surface area contributed by atoms with Gasteiger partial charge in [-0.05, 0) is 6.92 Å². The van der Waals surface area contributed by atoms with E-state index in [1.165, 1.54) is 0 Å². The summed E-state index contributed by atoms with van der Waals surface area (Å²) < 4.78 is 14.7. The van der Waals surface area contributed by atoms with Gasteiger partial charge in [-0.15, -0.1) is 0 Å². The first kappa shape index (κ1) is 11.5. The van der Waals surface area contributed by atoms with Gasteiger partial charge in [0.25, 0.3) is 0 Å². The summed E-state index contributed by atoms with van der Waals surface area (Å²) >= 11 is 0. The molecule has 0 unspecified atom stereocenters. The van der Waals surface area contributed by atoms with Crippen molar-refractivity contribution in [3.63, 3.8) is 0 Å². The number of oxazole rings is 1. The van der Waals surface area contributed by atoms with Crippen LogP contribution in [0.15, 0.2) is 4.42 Å². The zero-order chi connectivity index (χ0) is 11.3. The van der Waals surface area contributed by atoms with E-state index in [9.17, 15) is 4.79 Å². The maximum atomic E-state index is 11.3. The number of nitrogens with zero attached hydrogens (tertiary/aromatic N) is 1. The van der Waals surface area contributed by atoms with Gasteiger partial charge in [-0.2, -0.15) is 0 Å². The minimum Gasteiger partial charge on any atom is -0.461 e. The molecule has 0 radical (unpaired) electrons. The number of esters is 1. The van der Waals surface area contributed by atoms with Crippen LogP contribution in [0, 0.1) is 0 Å². The Labute approximate surface area is 87.4 Å². The van der Waals surface area contributed by atoms with E-state index in [4.69, 9.17) is 19.6 Å². The topological polar surface area (TPSA) is 87.6 Å². The molecule has 6 heteroatoms. The first-order chi connectivity index (χ1) is 7.19. The lowest BCUT2D eigenvalue weighted by molar-refractivity contribution is 0.0521. The predicted octanol–water partition coefficient (Wildman–Crippen LogP) is 0.622. The number of nitrogen functional groups attached to an aromatic ring is 1. The molecule has 1 aromatic heterocycles. The Hall–Kier alpha value is -1.56. The molecule has 0 aliphatic rings. The van der Waals surface area contributed by atoms with Crippen LogP contribution in [0.2, 0.25) is 0 Å².